The lowest BCUT2D eigenvalue weighted by Crippen LogP contribution is -2.30. The van der Waals surface area contributed by atoms with E-state index < -0.39 is 6.10 Å². The van der Waals surface area contributed by atoms with Gasteiger partial charge in [-0.2, -0.15) is 0 Å². The zero-order chi connectivity index (χ0) is 13.8. The van der Waals surface area contributed by atoms with Crippen LogP contribution in [0.1, 0.15) is 57.6 Å². The first-order valence-corrected chi connectivity index (χ1v) is 7.63. The van der Waals surface area contributed by atoms with Gasteiger partial charge < -0.3 is 9.84 Å². The van der Waals surface area contributed by atoms with Gasteiger partial charge in [-0.1, -0.05) is 24.9 Å². The highest BCUT2D eigenvalue weighted by Gasteiger charge is 2.26. The van der Waals surface area contributed by atoms with Gasteiger partial charge in [-0.15, -0.1) is 0 Å². The van der Waals surface area contributed by atoms with Crippen molar-refractivity contribution >= 4 is 11.6 Å². The first kappa shape index (κ1) is 14.7. The predicted molar refractivity (Wildman–Crippen MR) is 78.8 cm³/mol. The van der Waals surface area contributed by atoms with Crippen LogP contribution < -0.4 is 4.74 Å². The van der Waals surface area contributed by atoms with E-state index in [-0.39, 0.29) is 6.10 Å². The highest BCUT2D eigenvalue weighted by molar-refractivity contribution is 6.30. The Morgan fingerprint density at radius 2 is 2.11 bits per heavy atom. The van der Waals surface area contributed by atoms with Crippen LogP contribution in [0.2, 0.25) is 5.02 Å². The molecule has 3 atom stereocenters. The number of ether oxygens (including phenoxy) is 1. The SMILES string of the molecule is CCC1CCCCC1Oc1ccc(Cl)cc1[C@H](C)O. The molecule has 0 bridgehead atoms. The molecular weight excluding hydrogens is 260 g/mol. The zero-order valence-corrected chi connectivity index (χ0v) is 12.5. The van der Waals surface area contributed by atoms with E-state index >= 15 is 0 Å². The second kappa shape index (κ2) is 6.62. The molecule has 0 amide bonds. The molecular formula is C16H23ClO2. The van der Waals surface area contributed by atoms with Crippen molar-refractivity contribution in [1.82, 2.24) is 0 Å². The number of rotatable bonds is 4. The number of aliphatic hydroxyl groups is 1. The second-order valence-corrected chi connectivity index (χ2v) is 5.90. The van der Waals surface area contributed by atoms with Crippen molar-refractivity contribution in [1.29, 1.82) is 0 Å². The number of hydrogen-bond acceptors (Lipinski definition) is 2. The summed E-state index contributed by atoms with van der Waals surface area (Å²) >= 11 is 5.99. The number of halogens is 1. The van der Waals surface area contributed by atoms with Crippen molar-refractivity contribution < 1.29 is 9.84 Å². The summed E-state index contributed by atoms with van der Waals surface area (Å²) in [5.74, 6) is 1.41. The van der Waals surface area contributed by atoms with E-state index in [9.17, 15) is 5.11 Å². The molecule has 1 N–H and O–H groups in total. The van der Waals surface area contributed by atoms with E-state index in [4.69, 9.17) is 16.3 Å². The Morgan fingerprint density at radius 3 is 2.79 bits per heavy atom. The van der Waals surface area contributed by atoms with Crippen LogP contribution in [0.4, 0.5) is 0 Å². The fraction of sp³-hybridized carbons (Fsp3) is 0.625. The highest BCUT2D eigenvalue weighted by Crippen LogP contribution is 2.34. The van der Waals surface area contributed by atoms with Crippen LogP contribution in [0.3, 0.4) is 0 Å². The normalized spacial score (nSPS) is 25.1. The van der Waals surface area contributed by atoms with Gasteiger partial charge in [0.2, 0.25) is 0 Å². The molecule has 2 nitrogen and oxygen atoms in total. The predicted octanol–water partition coefficient (Wildman–Crippen LogP) is 4.74. The topological polar surface area (TPSA) is 29.5 Å². The zero-order valence-electron chi connectivity index (χ0n) is 11.7. The molecule has 1 fully saturated rings. The largest absolute Gasteiger partial charge is 0.490 e. The lowest BCUT2D eigenvalue weighted by molar-refractivity contribution is 0.0855. The van der Waals surface area contributed by atoms with Gasteiger partial charge in [0.1, 0.15) is 11.9 Å². The van der Waals surface area contributed by atoms with Crippen molar-refractivity contribution in [3.63, 3.8) is 0 Å². The van der Waals surface area contributed by atoms with E-state index in [0.29, 0.717) is 10.9 Å². The molecule has 1 aromatic rings. The molecule has 0 saturated heterocycles. The molecule has 0 spiro atoms. The number of aliphatic hydroxyl groups excluding tert-OH is 1. The molecule has 1 saturated carbocycles. The Balaban J connectivity index is 2.17. The summed E-state index contributed by atoms with van der Waals surface area (Å²) in [6.07, 6.45) is 5.78. The van der Waals surface area contributed by atoms with E-state index in [1.807, 2.05) is 12.1 Å². The minimum absolute atomic E-state index is 0.275. The lowest BCUT2D eigenvalue weighted by Gasteiger charge is -2.32. The van der Waals surface area contributed by atoms with Gasteiger partial charge in [-0.25, -0.2) is 0 Å². The van der Waals surface area contributed by atoms with Crippen molar-refractivity contribution in [3.8, 4) is 5.75 Å². The van der Waals surface area contributed by atoms with Gasteiger partial charge in [0.05, 0.1) is 6.10 Å². The summed E-state index contributed by atoms with van der Waals surface area (Å²) in [5, 5.41) is 10.5. The highest BCUT2D eigenvalue weighted by atomic mass is 35.5. The average Bonchev–Trinajstić information content (AvgIpc) is 2.41. The fourth-order valence-corrected chi connectivity index (χ4v) is 3.09. The molecule has 19 heavy (non-hydrogen) atoms. The molecule has 0 heterocycles. The molecule has 106 valence electrons. The Hall–Kier alpha value is -0.730. The van der Waals surface area contributed by atoms with E-state index in [0.717, 1.165) is 24.2 Å². The van der Waals surface area contributed by atoms with E-state index in [2.05, 4.69) is 6.92 Å². The molecule has 1 aromatic carbocycles. The molecule has 1 aliphatic rings. The smallest absolute Gasteiger partial charge is 0.125 e. The quantitative estimate of drug-likeness (QED) is 0.864. The molecule has 2 unspecified atom stereocenters. The maximum Gasteiger partial charge on any atom is 0.125 e. The molecule has 0 aromatic heterocycles. The van der Waals surface area contributed by atoms with Crippen LogP contribution >= 0.6 is 11.6 Å². The van der Waals surface area contributed by atoms with Gasteiger partial charge in [-0.05, 0) is 56.7 Å². The van der Waals surface area contributed by atoms with Crippen molar-refractivity contribution in [2.24, 2.45) is 5.92 Å². The minimum atomic E-state index is -0.558. The van der Waals surface area contributed by atoms with Crippen molar-refractivity contribution in [2.45, 2.75) is 58.2 Å². The van der Waals surface area contributed by atoms with Crippen LogP contribution in [0.5, 0.6) is 5.75 Å². The van der Waals surface area contributed by atoms with Gasteiger partial charge in [0.15, 0.2) is 0 Å². The number of hydrogen-bond donors (Lipinski definition) is 1. The summed E-state index contributed by atoms with van der Waals surface area (Å²) in [7, 11) is 0. The standard InChI is InChI=1S/C16H23ClO2/c1-3-12-6-4-5-7-15(12)19-16-9-8-13(17)10-14(16)11(2)18/h8-12,15,18H,3-7H2,1-2H3/t11-,12?,15?/m0/s1. The average molecular weight is 283 g/mol. The minimum Gasteiger partial charge on any atom is -0.490 e. The molecule has 0 radical (unpaired) electrons. The van der Waals surface area contributed by atoms with Gasteiger partial charge >= 0.3 is 0 Å². The van der Waals surface area contributed by atoms with Gasteiger partial charge in [0.25, 0.3) is 0 Å². The Labute approximate surface area is 120 Å². The van der Waals surface area contributed by atoms with Gasteiger partial charge in [0, 0.05) is 10.6 Å². The van der Waals surface area contributed by atoms with Crippen LogP contribution in [0.15, 0.2) is 18.2 Å². The molecule has 1 aliphatic carbocycles. The van der Waals surface area contributed by atoms with Crippen molar-refractivity contribution in [3.05, 3.63) is 28.8 Å². The van der Waals surface area contributed by atoms with Crippen LogP contribution in [0, 0.1) is 5.92 Å². The van der Waals surface area contributed by atoms with Crippen LogP contribution in [-0.4, -0.2) is 11.2 Å². The monoisotopic (exact) mass is 282 g/mol. The van der Waals surface area contributed by atoms with Crippen LogP contribution in [0.25, 0.3) is 0 Å². The summed E-state index contributed by atoms with van der Waals surface area (Å²) < 4.78 is 6.19. The first-order chi connectivity index (χ1) is 9.11. The summed E-state index contributed by atoms with van der Waals surface area (Å²) in [6.45, 7) is 3.97. The maximum absolute atomic E-state index is 9.84. The molecule has 2 rings (SSSR count). The summed E-state index contributed by atoms with van der Waals surface area (Å²) in [5.41, 5.74) is 0.785. The summed E-state index contributed by atoms with van der Waals surface area (Å²) in [4.78, 5) is 0. The molecule has 0 aliphatic heterocycles. The third-order valence-corrected chi connectivity index (χ3v) is 4.30. The fourth-order valence-electron chi connectivity index (χ4n) is 2.91. The number of benzene rings is 1. The van der Waals surface area contributed by atoms with Crippen molar-refractivity contribution in [2.75, 3.05) is 0 Å². The maximum atomic E-state index is 9.84. The Bertz CT molecular complexity index is 417. The lowest BCUT2D eigenvalue weighted by atomic mass is 9.84. The third kappa shape index (κ3) is 3.64. The van der Waals surface area contributed by atoms with Crippen LogP contribution in [-0.2, 0) is 0 Å². The Kier molecular flexibility index (Phi) is 5.12. The third-order valence-electron chi connectivity index (χ3n) is 4.06. The van der Waals surface area contributed by atoms with Gasteiger partial charge in [-0.3, -0.25) is 0 Å². The first-order valence-electron chi connectivity index (χ1n) is 7.26. The van der Waals surface area contributed by atoms with E-state index in [1.54, 1.807) is 13.0 Å². The summed E-state index contributed by atoms with van der Waals surface area (Å²) in [6, 6.07) is 5.50. The Morgan fingerprint density at radius 1 is 1.37 bits per heavy atom. The van der Waals surface area contributed by atoms with E-state index in [1.165, 1.54) is 19.3 Å². The second-order valence-electron chi connectivity index (χ2n) is 5.47. The molecule has 3 heteroatoms.